The van der Waals surface area contributed by atoms with Gasteiger partial charge in [0, 0.05) is 21.8 Å². The van der Waals surface area contributed by atoms with E-state index in [9.17, 15) is 4.79 Å². The number of hydrogen-bond donors (Lipinski definition) is 1. The zero-order valence-electron chi connectivity index (χ0n) is 21.1. The average Bonchev–Trinajstić information content (AvgIpc) is 3.12. The molecule has 6 heteroatoms. The van der Waals surface area contributed by atoms with Crippen LogP contribution < -0.4 is 10.1 Å². The predicted octanol–water partition coefficient (Wildman–Crippen LogP) is 7.92. The highest BCUT2D eigenvalue weighted by Crippen LogP contribution is 2.36. The van der Waals surface area contributed by atoms with Crippen molar-refractivity contribution in [1.82, 2.24) is 9.38 Å². The van der Waals surface area contributed by atoms with Crippen LogP contribution in [-0.2, 0) is 0 Å². The summed E-state index contributed by atoms with van der Waals surface area (Å²) in [6.45, 7) is 13.2. The van der Waals surface area contributed by atoms with E-state index in [2.05, 4.69) is 73.3 Å². The Labute approximate surface area is 215 Å². The van der Waals surface area contributed by atoms with Crippen molar-refractivity contribution in [1.29, 1.82) is 0 Å². The van der Waals surface area contributed by atoms with Gasteiger partial charge in [0.15, 0.2) is 0 Å². The van der Waals surface area contributed by atoms with E-state index < -0.39 is 5.97 Å². The summed E-state index contributed by atoms with van der Waals surface area (Å²) in [5.74, 6) is 1.00. The Bertz CT molecular complexity index is 1370. The summed E-state index contributed by atoms with van der Waals surface area (Å²) in [6.07, 6.45) is 3.01. The van der Waals surface area contributed by atoms with Crippen molar-refractivity contribution < 1.29 is 9.53 Å². The molecule has 0 spiro atoms. The second kappa shape index (κ2) is 9.50. The van der Waals surface area contributed by atoms with Crippen molar-refractivity contribution >= 4 is 33.4 Å². The van der Waals surface area contributed by atoms with Crippen LogP contribution in [0.5, 0.6) is 5.75 Å². The zero-order valence-corrected chi connectivity index (χ0v) is 22.7. The first-order valence-electron chi connectivity index (χ1n) is 11.8. The number of hydrogen-bond acceptors (Lipinski definition) is 4. The third-order valence-electron chi connectivity index (χ3n) is 5.67. The normalized spacial score (nSPS) is 12.1. The van der Waals surface area contributed by atoms with E-state index in [0.717, 1.165) is 39.2 Å². The average molecular weight is 534 g/mol. The Hall–Kier alpha value is -3.12. The minimum absolute atomic E-state index is 0.161. The van der Waals surface area contributed by atoms with Gasteiger partial charge in [0.2, 0.25) is 0 Å². The lowest BCUT2D eigenvalue weighted by Gasteiger charge is -2.34. The van der Waals surface area contributed by atoms with Crippen LogP contribution in [0.15, 0.2) is 71.3 Å². The van der Waals surface area contributed by atoms with Crippen molar-refractivity contribution in [3.63, 3.8) is 0 Å². The molecule has 1 N–H and O–H groups in total. The van der Waals surface area contributed by atoms with Crippen LogP contribution in [0.25, 0.3) is 16.9 Å². The van der Waals surface area contributed by atoms with Crippen LogP contribution in [-0.4, -0.2) is 20.9 Å². The number of nitrogens with zero attached hydrogens (tertiary/aromatic N) is 2. The summed E-state index contributed by atoms with van der Waals surface area (Å²) < 4.78 is 8.71. The van der Waals surface area contributed by atoms with Crippen LogP contribution in [0.2, 0.25) is 0 Å². The van der Waals surface area contributed by atoms with E-state index in [1.807, 2.05) is 42.6 Å². The third-order valence-corrected chi connectivity index (χ3v) is 6.20. The van der Waals surface area contributed by atoms with Gasteiger partial charge in [-0.1, -0.05) is 54.9 Å². The molecular formula is C29H32BrN3O2. The lowest BCUT2D eigenvalue weighted by Crippen LogP contribution is -2.36. The minimum Gasteiger partial charge on any atom is -0.423 e. The standard InChI is InChI=1S/C29H32BrN3O2/c1-19-9-8-16-33-25(19)31-24(26(33)32-29(5,6)18-28(2,3)4)21-10-7-11-23(17-21)35-27(34)20-12-14-22(30)15-13-20/h7-17,32H,18H2,1-6H3. The highest BCUT2D eigenvalue weighted by Gasteiger charge is 2.28. The van der Waals surface area contributed by atoms with Crippen LogP contribution in [0, 0.1) is 12.3 Å². The molecule has 0 aliphatic heterocycles. The number of aryl methyl sites for hydroxylation is 1. The highest BCUT2D eigenvalue weighted by atomic mass is 79.9. The Kier molecular flexibility index (Phi) is 6.78. The number of benzene rings is 2. The highest BCUT2D eigenvalue weighted by molar-refractivity contribution is 9.10. The molecule has 182 valence electrons. The molecule has 0 atom stereocenters. The van der Waals surface area contributed by atoms with Crippen LogP contribution >= 0.6 is 15.9 Å². The summed E-state index contributed by atoms with van der Waals surface area (Å²) >= 11 is 3.39. The maximum Gasteiger partial charge on any atom is 0.343 e. The van der Waals surface area contributed by atoms with Gasteiger partial charge >= 0.3 is 5.97 Å². The Morgan fingerprint density at radius 2 is 1.74 bits per heavy atom. The van der Waals surface area contributed by atoms with Crippen molar-refractivity contribution in [3.8, 4) is 17.0 Å². The number of esters is 1. The second-order valence-electron chi connectivity index (χ2n) is 10.9. The monoisotopic (exact) mass is 533 g/mol. The molecule has 0 saturated heterocycles. The van der Waals surface area contributed by atoms with Crippen molar-refractivity contribution in [3.05, 3.63) is 82.5 Å². The number of carbonyl (C=O) groups excluding carboxylic acids is 1. The fraction of sp³-hybridized carbons (Fsp3) is 0.310. The molecule has 0 aliphatic rings. The van der Waals surface area contributed by atoms with Crippen LogP contribution in [0.4, 0.5) is 5.82 Å². The van der Waals surface area contributed by atoms with Crippen molar-refractivity contribution in [2.24, 2.45) is 5.41 Å². The quantitative estimate of drug-likeness (QED) is 0.202. The Balaban J connectivity index is 1.73. The van der Waals surface area contributed by atoms with Gasteiger partial charge in [-0.2, -0.15) is 0 Å². The molecule has 2 heterocycles. The Morgan fingerprint density at radius 3 is 2.43 bits per heavy atom. The Morgan fingerprint density at radius 1 is 1.03 bits per heavy atom. The van der Waals surface area contributed by atoms with Crippen LogP contribution in [0.1, 0.15) is 57.0 Å². The molecule has 4 rings (SSSR count). The second-order valence-corrected chi connectivity index (χ2v) is 11.8. The van der Waals surface area contributed by atoms with Gasteiger partial charge < -0.3 is 10.1 Å². The molecule has 5 nitrogen and oxygen atoms in total. The molecule has 2 aromatic heterocycles. The maximum atomic E-state index is 12.7. The molecule has 0 unspecified atom stereocenters. The molecule has 0 aliphatic carbocycles. The lowest BCUT2D eigenvalue weighted by atomic mass is 9.82. The minimum atomic E-state index is -0.398. The number of anilines is 1. The van der Waals surface area contributed by atoms with Gasteiger partial charge in [-0.3, -0.25) is 4.40 Å². The first-order chi connectivity index (χ1) is 16.4. The predicted molar refractivity (Wildman–Crippen MR) is 146 cm³/mol. The first-order valence-corrected chi connectivity index (χ1v) is 12.6. The summed E-state index contributed by atoms with van der Waals surface area (Å²) in [6, 6.07) is 18.8. The molecule has 0 saturated carbocycles. The van der Waals surface area contributed by atoms with Gasteiger partial charge in [-0.15, -0.1) is 0 Å². The number of ether oxygens (including phenoxy) is 1. The number of fused-ring (bicyclic) bond motifs is 1. The number of imidazole rings is 1. The van der Waals surface area contributed by atoms with Crippen molar-refractivity contribution in [2.75, 3.05) is 5.32 Å². The molecule has 35 heavy (non-hydrogen) atoms. The van der Waals surface area contributed by atoms with Gasteiger partial charge in [0.1, 0.15) is 22.9 Å². The number of carbonyl (C=O) groups is 1. The molecule has 4 aromatic rings. The lowest BCUT2D eigenvalue weighted by molar-refractivity contribution is 0.0735. The summed E-state index contributed by atoms with van der Waals surface area (Å²) in [4.78, 5) is 17.7. The molecule has 0 fully saturated rings. The third kappa shape index (κ3) is 5.93. The number of aromatic nitrogens is 2. The first kappa shape index (κ1) is 25.0. The van der Waals surface area contributed by atoms with Gasteiger partial charge in [0.25, 0.3) is 0 Å². The summed E-state index contributed by atoms with van der Waals surface area (Å²) in [7, 11) is 0. The number of nitrogens with one attached hydrogen (secondary N) is 1. The molecule has 0 bridgehead atoms. The van der Waals surface area contributed by atoms with E-state index in [0.29, 0.717) is 11.3 Å². The van der Waals surface area contributed by atoms with Crippen molar-refractivity contribution in [2.45, 2.75) is 53.5 Å². The number of halogens is 1. The summed E-state index contributed by atoms with van der Waals surface area (Å²) in [5.41, 5.74) is 4.17. The van der Waals surface area contributed by atoms with E-state index >= 15 is 0 Å². The molecular weight excluding hydrogens is 502 g/mol. The van der Waals surface area contributed by atoms with Crippen LogP contribution in [0.3, 0.4) is 0 Å². The fourth-order valence-corrected chi connectivity index (χ4v) is 4.94. The maximum absolute atomic E-state index is 12.7. The number of rotatable bonds is 6. The van der Waals surface area contributed by atoms with E-state index in [4.69, 9.17) is 9.72 Å². The number of pyridine rings is 1. The van der Waals surface area contributed by atoms with Gasteiger partial charge in [-0.05, 0) is 80.6 Å². The molecule has 2 aromatic carbocycles. The SMILES string of the molecule is Cc1cccn2c(NC(C)(C)CC(C)(C)C)c(-c3cccc(OC(=O)c4ccc(Br)cc4)c3)nc12. The topological polar surface area (TPSA) is 55.6 Å². The molecule has 0 amide bonds. The van der Waals surface area contributed by atoms with E-state index in [-0.39, 0.29) is 11.0 Å². The van der Waals surface area contributed by atoms with E-state index in [1.165, 1.54) is 0 Å². The van der Waals surface area contributed by atoms with Gasteiger partial charge in [0.05, 0.1) is 5.56 Å². The largest absolute Gasteiger partial charge is 0.423 e. The van der Waals surface area contributed by atoms with E-state index in [1.54, 1.807) is 18.2 Å². The van der Waals surface area contributed by atoms with Gasteiger partial charge in [-0.25, -0.2) is 9.78 Å². The zero-order chi connectivity index (χ0) is 25.4. The summed E-state index contributed by atoms with van der Waals surface area (Å²) in [5, 5.41) is 3.77. The smallest absolute Gasteiger partial charge is 0.343 e. The molecule has 0 radical (unpaired) electrons. The fourth-order valence-electron chi connectivity index (χ4n) is 4.67.